The molecule has 0 unspecified atom stereocenters. The number of rotatable bonds is 1. The van der Waals surface area contributed by atoms with Gasteiger partial charge in [0.05, 0.1) is 0 Å². The largest absolute Gasteiger partial charge is 0.369 e. The van der Waals surface area contributed by atoms with Gasteiger partial charge in [0.25, 0.3) is 0 Å². The molecule has 0 saturated carbocycles. The van der Waals surface area contributed by atoms with Crippen LogP contribution in [0.25, 0.3) is 11.4 Å². The maximum Gasteiger partial charge on any atom is 0.149 e. The Morgan fingerprint density at radius 1 is 1.29 bits per heavy atom. The van der Waals surface area contributed by atoms with Crippen LogP contribution in [0.4, 0.5) is 10.2 Å². The maximum atomic E-state index is 12.9. The van der Waals surface area contributed by atoms with E-state index in [1.54, 1.807) is 12.1 Å². The summed E-state index contributed by atoms with van der Waals surface area (Å²) in [6.45, 7) is 1.90. The van der Waals surface area contributed by atoms with E-state index >= 15 is 0 Å². The van der Waals surface area contributed by atoms with E-state index in [1.807, 2.05) is 0 Å². The number of nitrogens with zero attached hydrogens (tertiary/aromatic N) is 2. The van der Waals surface area contributed by atoms with Gasteiger partial charge in [-0.15, -0.1) is 0 Å². The minimum Gasteiger partial charge on any atom is -0.369 e. The van der Waals surface area contributed by atoms with Crippen LogP contribution in [0.1, 0.15) is 6.42 Å². The molecule has 3 rings (SSSR count). The average Bonchev–Trinajstić information content (AvgIpc) is 2.69. The van der Waals surface area contributed by atoms with E-state index < -0.39 is 0 Å². The summed E-state index contributed by atoms with van der Waals surface area (Å²) in [7, 11) is 0. The Morgan fingerprint density at radius 3 is 2.82 bits per heavy atom. The molecule has 0 saturated heterocycles. The van der Waals surface area contributed by atoms with E-state index in [4.69, 9.17) is 0 Å². The van der Waals surface area contributed by atoms with Crippen LogP contribution in [0.2, 0.25) is 0 Å². The smallest absolute Gasteiger partial charge is 0.149 e. The van der Waals surface area contributed by atoms with Crippen molar-refractivity contribution < 1.29 is 4.39 Å². The molecule has 2 heterocycles. The van der Waals surface area contributed by atoms with Gasteiger partial charge in [-0.25, -0.2) is 9.37 Å². The first-order chi connectivity index (χ1) is 8.25. The zero-order valence-electron chi connectivity index (χ0n) is 9.08. The van der Waals surface area contributed by atoms with Gasteiger partial charge in [0, 0.05) is 18.7 Å². The van der Waals surface area contributed by atoms with Crippen LogP contribution in [-0.2, 0) is 6.54 Å². The molecule has 88 valence electrons. The van der Waals surface area contributed by atoms with Gasteiger partial charge >= 0.3 is 0 Å². The van der Waals surface area contributed by atoms with E-state index in [0.717, 1.165) is 41.3 Å². The Morgan fingerprint density at radius 2 is 2.06 bits per heavy atom. The molecule has 0 fully saturated rings. The highest BCUT2D eigenvalue weighted by molar-refractivity contribution is 9.10. The van der Waals surface area contributed by atoms with Crippen molar-refractivity contribution in [1.29, 1.82) is 0 Å². The van der Waals surface area contributed by atoms with Gasteiger partial charge < -0.3 is 9.88 Å². The number of fused-ring (bicyclic) bond motifs is 1. The lowest BCUT2D eigenvalue weighted by atomic mass is 10.2. The maximum absolute atomic E-state index is 12.9. The standard InChI is InChI=1S/C12H11BrFN3/c13-10-12-15-6-1-7-17(12)11(16-10)8-2-4-9(14)5-3-8/h2-5,15H,1,6-7H2. The van der Waals surface area contributed by atoms with Crippen LogP contribution in [0.5, 0.6) is 0 Å². The second kappa shape index (κ2) is 4.14. The number of benzene rings is 1. The minimum absolute atomic E-state index is 0.226. The first kappa shape index (κ1) is 10.8. The second-order valence-corrected chi connectivity index (χ2v) is 4.76. The van der Waals surface area contributed by atoms with Crippen LogP contribution in [0.3, 0.4) is 0 Å². The van der Waals surface area contributed by atoms with Crippen molar-refractivity contribution in [2.24, 2.45) is 0 Å². The number of hydrogen-bond acceptors (Lipinski definition) is 2. The molecule has 3 nitrogen and oxygen atoms in total. The highest BCUT2D eigenvalue weighted by Gasteiger charge is 2.19. The summed E-state index contributed by atoms with van der Waals surface area (Å²) < 4.78 is 15.8. The van der Waals surface area contributed by atoms with Crippen molar-refractivity contribution in [1.82, 2.24) is 9.55 Å². The fourth-order valence-corrected chi connectivity index (χ4v) is 2.60. The summed E-state index contributed by atoms with van der Waals surface area (Å²) in [5, 5.41) is 3.31. The second-order valence-electron chi connectivity index (χ2n) is 4.01. The predicted molar refractivity (Wildman–Crippen MR) is 68.4 cm³/mol. The van der Waals surface area contributed by atoms with Gasteiger partial charge in [-0.2, -0.15) is 0 Å². The zero-order chi connectivity index (χ0) is 11.8. The Bertz CT molecular complexity index is 548. The van der Waals surface area contributed by atoms with Crippen molar-refractivity contribution in [3.8, 4) is 11.4 Å². The molecule has 0 bridgehead atoms. The molecule has 1 aliphatic heterocycles. The third kappa shape index (κ3) is 1.84. The van der Waals surface area contributed by atoms with Crippen LogP contribution in [0.15, 0.2) is 28.9 Å². The third-order valence-electron chi connectivity index (χ3n) is 2.88. The SMILES string of the molecule is Fc1ccc(-c2nc(Br)c3n2CCCN3)cc1. The van der Waals surface area contributed by atoms with Crippen LogP contribution >= 0.6 is 15.9 Å². The first-order valence-electron chi connectivity index (χ1n) is 5.51. The molecule has 1 aliphatic rings. The molecule has 0 aliphatic carbocycles. The molecule has 0 radical (unpaired) electrons. The zero-order valence-corrected chi connectivity index (χ0v) is 10.7. The number of halogens is 2. The van der Waals surface area contributed by atoms with Crippen molar-refractivity contribution in [3.63, 3.8) is 0 Å². The van der Waals surface area contributed by atoms with Crippen molar-refractivity contribution in [2.45, 2.75) is 13.0 Å². The first-order valence-corrected chi connectivity index (χ1v) is 6.31. The molecule has 0 spiro atoms. The number of anilines is 1. The molecule has 0 amide bonds. The topological polar surface area (TPSA) is 29.9 Å². The van der Waals surface area contributed by atoms with E-state index in [-0.39, 0.29) is 5.82 Å². The van der Waals surface area contributed by atoms with Gasteiger partial charge in [-0.05, 0) is 46.6 Å². The highest BCUT2D eigenvalue weighted by Crippen LogP contribution is 2.31. The Hall–Kier alpha value is -1.36. The van der Waals surface area contributed by atoms with Gasteiger partial charge in [0.2, 0.25) is 0 Å². The van der Waals surface area contributed by atoms with E-state index in [2.05, 4.69) is 30.8 Å². The summed E-state index contributed by atoms with van der Waals surface area (Å²) in [5.74, 6) is 1.66. The Balaban J connectivity index is 2.11. The number of nitrogens with one attached hydrogen (secondary N) is 1. The molecule has 2 aromatic rings. The van der Waals surface area contributed by atoms with Gasteiger partial charge in [0.15, 0.2) is 0 Å². The third-order valence-corrected chi connectivity index (χ3v) is 3.43. The van der Waals surface area contributed by atoms with E-state index in [1.165, 1.54) is 12.1 Å². The number of imidazole rings is 1. The molecule has 17 heavy (non-hydrogen) atoms. The fraction of sp³-hybridized carbons (Fsp3) is 0.250. The lowest BCUT2D eigenvalue weighted by molar-refractivity contribution is 0.626. The van der Waals surface area contributed by atoms with Gasteiger partial charge in [-0.3, -0.25) is 0 Å². The lowest BCUT2D eigenvalue weighted by Gasteiger charge is -2.18. The fourth-order valence-electron chi connectivity index (χ4n) is 2.07. The molecule has 0 atom stereocenters. The van der Waals surface area contributed by atoms with E-state index in [0.29, 0.717) is 0 Å². The van der Waals surface area contributed by atoms with Gasteiger partial charge in [-0.1, -0.05) is 0 Å². The van der Waals surface area contributed by atoms with Crippen LogP contribution in [0, 0.1) is 5.82 Å². The quantitative estimate of drug-likeness (QED) is 0.875. The summed E-state index contributed by atoms with van der Waals surface area (Å²) in [5.41, 5.74) is 0.932. The molecule has 1 N–H and O–H groups in total. The van der Waals surface area contributed by atoms with Crippen LogP contribution in [-0.4, -0.2) is 16.1 Å². The highest BCUT2D eigenvalue weighted by atomic mass is 79.9. The molecule has 1 aromatic heterocycles. The monoisotopic (exact) mass is 295 g/mol. The van der Waals surface area contributed by atoms with E-state index in [9.17, 15) is 4.39 Å². The molecular formula is C12H11BrFN3. The lowest BCUT2D eigenvalue weighted by Crippen LogP contribution is -2.17. The summed E-state index contributed by atoms with van der Waals surface area (Å²) in [4.78, 5) is 4.49. The number of aromatic nitrogens is 2. The summed E-state index contributed by atoms with van der Waals surface area (Å²) >= 11 is 3.45. The molecular weight excluding hydrogens is 285 g/mol. The Kier molecular flexibility index (Phi) is 2.63. The van der Waals surface area contributed by atoms with Crippen molar-refractivity contribution in [3.05, 3.63) is 34.7 Å². The molecule has 1 aromatic carbocycles. The molecule has 5 heteroatoms. The number of hydrogen-bond donors (Lipinski definition) is 1. The minimum atomic E-state index is -0.226. The summed E-state index contributed by atoms with van der Waals surface area (Å²) in [6, 6.07) is 6.43. The van der Waals surface area contributed by atoms with Crippen molar-refractivity contribution >= 4 is 21.7 Å². The van der Waals surface area contributed by atoms with Crippen LogP contribution < -0.4 is 5.32 Å². The Labute approximate surface area is 107 Å². The normalized spacial score (nSPS) is 14.2. The van der Waals surface area contributed by atoms with Gasteiger partial charge in [0.1, 0.15) is 22.1 Å². The van der Waals surface area contributed by atoms with Crippen molar-refractivity contribution in [2.75, 3.05) is 11.9 Å². The predicted octanol–water partition coefficient (Wildman–Crippen LogP) is 3.27. The average molecular weight is 296 g/mol. The summed E-state index contributed by atoms with van der Waals surface area (Å²) in [6.07, 6.45) is 1.07.